The molecule has 1 fully saturated rings. The van der Waals surface area contributed by atoms with Gasteiger partial charge in [-0.2, -0.15) is 0 Å². The summed E-state index contributed by atoms with van der Waals surface area (Å²) in [6.07, 6.45) is 0.728. The van der Waals surface area contributed by atoms with E-state index in [0.29, 0.717) is 12.3 Å². The lowest BCUT2D eigenvalue weighted by Gasteiger charge is -2.13. The Morgan fingerprint density at radius 3 is 2.57 bits per heavy atom. The quantitative estimate of drug-likeness (QED) is 0.706. The first-order valence-corrected chi connectivity index (χ1v) is 5.03. The Balaban J connectivity index is 1.97. The molecule has 1 aromatic rings. The zero-order valence-corrected chi connectivity index (χ0v) is 8.49. The maximum atomic E-state index is 11.1. The molecule has 0 amide bonds. The van der Waals surface area contributed by atoms with E-state index in [1.54, 1.807) is 0 Å². The fraction of sp³-hybridized carbons (Fsp3) is 0.417. The van der Waals surface area contributed by atoms with Crippen LogP contribution in [0.1, 0.15) is 17.5 Å². The summed E-state index contributed by atoms with van der Waals surface area (Å²) < 4.78 is 0. The van der Waals surface area contributed by atoms with E-state index < -0.39 is 0 Å². The van der Waals surface area contributed by atoms with E-state index in [1.165, 1.54) is 11.1 Å². The van der Waals surface area contributed by atoms with Gasteiger partial charge in [0, 0.05) is 19.5 Å². The Bertz CT molecular complexity index is 329. The van der Waals surface area contributed by atoms with Crippen LogP contribution < -0.4 is 0 Å². The summed E-state index contributed by atoms with van der Waals surface area (Å²) in [5, 5.41) is 0. The van der Waals surface area contributed by atoms with Crippen LogP contribution in [0.3, 0.4) is 0 Å². The van der Waals surface area contributed by atoms with Gasteiger partial charge in [0.2, 0.25) is 0 Å². The van der Waals surface area contributed by atoms with E-state index in [2.05, 4.69) is 36.1 Å². The van der Waals surface area contributed by atoms with Gasteiger partial charge in [-0.05, 0) is 12.5 Å². The zero-order chi connectivity index (χ0) is 9.97. The van der Waals surface area contributed by atoms with Crippen LogP contribution in [0.2, 0.25) is 0 Å². The second-order valence-corrected chi connectivity index (χ2v) is 3.98. The minimum absolute atomic E-state index is 0.372. The molecule has 1 saturated heterocycles. The first-order chi connectivity index (χ1) is 6.74. The fourth-order valence-corrected chi connectivity index (χ4v) is 1.78. The number of carbonyl (C=O) groups excluding carboxylic acids is 1. The maximum Gasteiger partial charge on any atom is 0.148 e. The van der Waals surface area contributed by atoms with Gasteiger partial charge in [0.1, 0.15) is 5.78 Å². The molecule has 2 nitrogen and oxygen atoms in total. The standard InChI is InChI=1S/C12H15NO/c1-10-2-4-11(5-3-10)8-13-7-6-12(14)9-13/h2-5H,6-9H2,1H3. The number of aryl methyl sites for hydroxylation is 1. The van der Waals surface area contributed by atoms with Crippen molar-refractivity contribution in [1.82, 2.24) is 4.90 Å². The first-order valence-electron chi connectivity index (χ1n) is 5.03. The lowest BCUT2D eigenvalue weighted by molar-refractivity contribution is -0.116. The predicted molar refractivity (Wildman–Crippen MR) is 56.1 cm³/mol. The molecule has 1 aliphatic heterocycles. The highest BCUT2D eigenvalue weighted by atomic mass is 16.1. The zero-order valence-electron chi connectivity index (χ0n) is 8.49. The highest BCUT2D eigenvalue weighted by Crippen LogP contribution is 2.11. The van der Waals surface area contributed by atoms with Gasteiger partial charge < -0.3 is 0 Å². The number of nitrogens with zero attached hydrogens (tertiary/aromatic N) is 1. The monoisotopic (exact) mass is 189 g/mol. The molecule has 1 heterocycles. The lowest BCUT2D eigenvalue weighted by atomic mass is 10.1. The van der Waals surface area contributed by atoms with E-state index in [9.17, 15) is 4.79 Å². The molecule has 0 spiro atoms. The molecule has 2 rings (SSSR count). The Labute approximate surface area is 84.5 Å². The van der Waals surface area contributed by atoms with Crippen LogP contribution in [0.25, 0.3) is 0 Å². The van der Waals surface area contributed by atoms with Gasteiger partial charge in [0.15, 0.2) is 0 Å². The van der Waals surface area contributed by atoms with Crippen molar-refractivity contribution in [3.8, 4) is 0 Å². The van der Waals surface area contributed by atoms with Crippen LogP contribution >= 0.6 is 0 Å². The van der Waals surface area contributed by atoms with Crippen molar-refractivity contribution < 1.29 is 4.79 Å². The highest BCUT2D eigenvalue weighted by molar-refractivity contribution is 5.82. The second-order valence-electron chi connectivity index (χ2n) is 3.98. The summed E-state index contributed by atoms with van der Waals surface area (Å²) in [7, 11) is 0. The molecule has 14 heavy (non-hydrogen) atoms. The van der Waals surface area contributed by atoms with E-state index >= 15 is 0 Å². The SMILES string of the molecule is Cc1ccc(CN2CCC(=O)C2)cc1. The number of carbonyl (C=O) groups is 1. The van der Waals surface area contributed by atoms with Gasteiger partial charge in [0.25, 0.3) is 0 Å². The van der Waals surface area contributed by atoms with Crippen molar-refractivity contribution in [1.29, 1.82) is 0 Å². The predicted octanol–water partition coefficient (Wildman–Crippen LogP) is 1.77. The van der Waals surface area contributed by atoms with Crippen LogP contribution in [-0.4, -0.2) is 23.8 Å². The van der Waals surface area contributed by atoms with E-state index in [4.69, 9.17) is 0 Å². The number of hydrogen-bond donors (Lipinski definition) is 0. The Hall–Kier alpha value is -1.15. The molecular weight excluding hydrogens is 174 g/mol. The van der Waals surface area contributed by atoms with Crippen molar-refractivity contribution in [2.75, 3.05) is 13.1 Å². The third-order valence-electron chi connectivity index (χ3n) is 2.63. The van der Waals surface area contributed by atoms with Crippen molar-refractivity contribution in [2.24, 2.45) is 0 Å². The van der Waals surface area contributed by atoms with Crippen LogP contribution in [0.15, 0.2) is 24.3 Å². The topological polar surface area (TPSA) is 20.3 Å². The molecule has 0 bridgehead atoms. The lowest BCUT2D eigenvalue weighted by Crippen LogP contribution is -2.19. The first kappa shape index (κ1) is 9.41. The molecule has 74 valence electrons. The van der Waals surface area contributed by atoms with E-state index in [1.807, 2.05) is 0 Å². The Morgan fingerprint density at radius 1 is 1.29 bits per heavy atom. The van der Waals surface area contributed by atoms with Crippen LogP contribution in [0.4, 0.5) is 0 Å². The molecule has 0 unspecified atom stereocenters. The van der Waals surface area contributed by atoms with Crippen molar-refractivity contribution in [3.05, 3.63) is 35.4 Å². The molecule has 2 heteroatoms. The van der Waals surface area contributed by atoms with E-state index in [0.717, 1.165) is 19.5 Å². The maximum absolute atomic E-state index is 11.1. The van der Waals surface area contributed by atoms with Crippen LogP contribution in [0, 0.1) is 6.92 Å². The Kier molecular flexibility index (Phi) is 2.64. The molecule has 0 saturated carbocycles. The summed E-state index contributed by atoms with van der Waals surface area (Å²) in [6, 6.07) is 8.51. The number of Topliss-reactive ketones (excluding diaryl/α,β-unsaturated/α-hetero) is 1. The molecule has 1 aromatic carbocycles. The van der Waals surface area contributed by atoms with Crippen LogP contribution in [0.5, 0.6) is 0 Å². The number of benzene rings is 1. The second kappa shape index (κ2) is 3.93. The van der Waals surface area contributed by atoms with Gasteiger partial charge in [-0.1, -0.05) is 29.8 Å². The summed E-state index contributed by atoms with van der Waals surface area (Å²) in [4.78, 5) is 13.3. The minimum atomic E-state index is 0.372. The normalized spacial score (nSPS) is 17.6. The molecule has 0 aliphatic carbocycles. The molecule has 0 atom stereocenters. The number of rotatable bonds is 2. The van der Waals surface area contributed by atoms with E-state index in [-0.39, 0.29) is 0 Å². The van der Waals surface area contributed by atoms with Crippen molar-refractivity contribution in [2.45, 2.75) is 19.9 Å². The van der Waals surface area contributed by atoms with Gasteiger partial charge in [0.05, 0.1) is 6.54 Å². The minimum Gasteiger partial charge on any atom is -0.298 e. The number of hydrogen-bond acceptors (Lipinski definition) is 2. The molecular formula is C12H15NO. The third kappa shape index (κ3) is 2.20. The largest absolute Gasteiger partial charge is 0.298 e. The summed E-state index contributed by atoms with van der Waals surface area (Å²) in [5.41, 5.74) is 2.58. The molecule has 0 radical (unpaired) electrons. The third-order valence-corrected chi connectivity index (χ3v) is 2.63. The summed E-state index contributed by atoms with van der Waals surface area (Å²) in [5.74, 6) is 0.372. The molecule has 0 aromatic heterocycles. The fourth-order valence-electron chi connectivity index (χ4n) is 1.78. The smallest absolute Gasteiger partial charge is 0.148 e. The van der Waals surface area contributed by atoms with Crippen molar-refractivity contribution in [3.63, 3.8) is 0 Å². The van der Waals surface area contributed by atoms with Gasteiger partial charge in [-0.3, -0.25) is 9.69 Å². The summed E-state index contributed by atoms with van der Waals surface area (Å²) in [6.45, 7) is 4.55. The number of likely N-dealkylation sites (tertiary alicyclic amines) is 1. The average Bonchev–Trinajstić information content (AvgIpc) is 2.56. The number of ketones is 1. The molecule has 0 N–H and O–H groups in total. The highest BCUT2D eigenvalue weighted by Gasteiger charge is 2.18. The van der Waals surface area contributed by atoms with Gasteiger partial charge >= 0.3 is 0 Å². The Morgan fingerprint density at radius 2 is 2.00 bits per heavy atom. The molecule has 1 aliphatic rings. The summed E-state index contributed by atoms with van der Waals surface area (Å²) >= 11 is 0. The average molecular weight is 189 g/mol. The van der Waals surface area contributed by atoms with Crippen molar-refractivity contribution >= 4 is 5.78 Å². The van der Waals surface area contributed by atoms with Crippen LogP contribution in [-0.2, 0) is 11.3 Å². The van der Waals surface area contributed by atoms with Gasteiger partial charge in [-0.15, -0.1) is 0 Å². The van der Waals surface area contributed by atoms with Gasteiger partial charge in [-0.25, -0.2) is 0 Å².